The summed E-state index contributed by atoms with van der Waals surface area (Å²) in [6, 6.07) is 3.95. The third-order valence-corrected chi connectivity index (χ3v) is 2.45. The molecule has 0 spiro atoms. The summed E-state index contributed by atoms with van der Waals surface area (Å²) < 4.78 is 5.14. The van der Waals surface area contributed by atoms with Crippen LogP contribution in [0.15, 0.2) is 18.2 Å². The maximum atomic E-state index is 12.0. The van der Waals surface area contributed by atoms with Crippen LogP contribution in [0.2, 0.25) is 5.02 Å². The molecule has 1 amide bonds. The lowest BCUT2D eigenvalue weighted by Gasteiger charge is -2.26. The molecule has 0 heterocycles. The highest BCUT2D eigenvalue weighted by Gasteiger charge is 2.25. The molecule has 0 aliphatic rings. The molecule has 0 unspecified atom stereocenters. The van der Waals surface area contributed by atoms with Crippen molar-refractivity contribution in [1.29, 1.82) is 0 Å². The molecule has 0 fully saturated rings. The lowest BCUT2D eigenvalue weighted by Crippen LogP contribution is -2.40. The summed E-state index contributed by atoms with van der Waals surface area (Å²) in [7, 11) is 0. The number of amides is 1. The van der Waals surface area contributed by atoms with E-state index in [9.17, 15) is 14.7 Å². The lowest BCUT2D eigenvalue weighted by molar-refractivity contribution is -0.135. The van der Waals surface area contributed by atoms with Crippen LogP contribution in [0.4, 0.5) is 10.5 Å². The van der Waals surface area contributed by atoms with E-state index >= 15 is 0 Å². The molecule has 0 aromatic heterocycles. The normalized spacial score (nSPS) is 11.0. The predicted molar refractivity (Wildman–Crippen MR) is 74.3 cm³/mol. The molecule has 0 bridgehead atoms. The number of hydrogen-bond donors (Lipinski definition) is 2. The van der Waals surface area contributed by atoms with Crippen molar-refractivity contribution in [2.45, 2.75) is 26.4 Å². The molecule has 6 nitrogen and oxygen atoms in total. The third-order valence-electron chi connectivity index (χ3n) is 2.15. The topological polar surface area (TPSA) is 87.1 Å². The van der Waals surface area contributed by atoms with Gasteiger partial charge in [0.15, 0.2) is 0 Å². The minimum absolute atomic E-state index is 0.0152. The van der Waals surface area contributed by atoms with Crippen molar-refractivity contribution in [3.05, 3.63) is 23.2 Å². The van der Waals surface area contributed by atoms with E-state index in [4.69, 9.17) is 21.4 Å². The van der Waals surface area contributed by atoms with Gasteiger partial charge in [-0.15, -0.1) is 0 Å². The number of benzene rings is 1. The van der Waals surface area contributed by atoms with Crippen LogP contribution < -0.4 is 4.90 Å². The van der Waals surface area contributed by atoms with Gasteiger partial charge in [-0.3, -0.25) is 9.69 Å². The van der Waals surface area contributed by atoms with Crippen molar-refractivity contribution in [2.24, 2.45) is 0 Å². The average Bonchev–Trinajstić information content (AvgIpc) is 2.27. The number of aromatic hydroxyl groups is 1. The molecule has 2 N–H and O–H groups in total. The van der Waals surface area contributed by atoms with Gasteiger partial charge in [-0.05, 0) is 39.0 Å². The summed E-state index contributed by atoms with van der Waals surface area (Å²) in [5.41, 5.74) is -0.529. The highest BCUT2D eigenvalue weighted by atomic mass is 35.5. The first kappa shape index (κ1) is 16.1. The highest BCUT2D eigenvalue weighted by Crippen LogP contribution is 2.29. The zero-order valence-corrected chi connectivity index (χ0v) is 12.1. The van der Waals surface area contributed by atoms with Gasteiger partial charge in [0.05, 0.1) is 5.02 Å². The van der Waals surface area contributed by atoms with E-state index in [1.807, 2.05) is 0 Å². The van der Waals surface area contributed by atoms with Gasteiger partial charge >= 0.3 is 12.1 Å². The van der Waals surface area contributed by atoms with Crippen LogP contribution in [0.5, 0.6) is 5.75 Å². The Balaban J connectivity index is 3.08. The van der Waals surface area contributed by atoms with Crippen molar-refractivity contribution in [2.75, 3.05) is 11.4 Å². The number of carbonyl (C=O) groups excluding carboxylic acids is 1. The number of anilines is 1. The van der Waals surface area contributed by atoms with Gasteiger partial charge < -0.3 is 14.9 Å². The van der Waals surface area contributed by atoms with Crippen molar-refractivity contribution >= 4 is 29.4 Å². The molecule has 0 atom stereocenters. The summed E-state index contributed by atoms with van der Waals surface area (Å²) >= 11 is 5.76. The Hall–Kier alpha value is -1.95. The molecule has 0 saturated carbocycles. The Morgan fingerprint density at radius 1 is 1.35 bits per heavy atom. The maximum absolute atomic E-state index is 12.0. The van der Waals surface area contributed by atoms with Crippen LogP contribution in [0, 0.1) is 0 Å². The molecule has 1 aromatic rings. The number of phenols is 1. The summed E-state index contributed by atoms with van der Waals surface area (Å²) in [4.78, 5) is 23.8. The molecule has 1 rings (SSSR count). The fraction of sp³-hybridized carbons (Fsp3) is 0.385. The number of carbonyl (C=O) groups is 2. The minimum Gasteiger partial charge on any atom is -0.506 e. The zero-order valence-electron chi connectivity index (χ0n) is 11.4. The number of carboxylic acid groups (broad SMARTS) is 1. The van der Waals surface area contributed by atoms with Gasteiger partial charge in [-0.2, -0.15) is 0 Å². The minimum atomic E-state index is -1.19. The molecule has 7 heteroatoms. The quantitative estimate of drug-likeness (QED) is 0.896. The van der Waals surface area contributed by atoms with Crippen LogP contribution in [0.3, 0.4) is 0 Å². The third kappa shape index (κ3) is 4.62. The van der Waals surface area contributed by atoms with Gasteiger partial charge in [0.2, 0.25) is 0 Å². The Labute approximate surface area is 121 Å². The van der Waals surface area contributed by atoms with Crippen molar-refractivity contribution in [3.63, 3.8) is 0 Å². The molecule has 1 aromatic carbocycles. The maximum Gasteiger partial charge on any atom is 0.415 e. The number of nitrogens with zero attached hydrogens (tertiary/aromatic N) is 1. The number of rotatable bonds is 3. The van der Waals surface area contributed by atoms with Gasteiger partial charge in [-0.1, -0.05) is 11.6 Å². The lowest BCUT2D eigenvalue weighted by atomic mass is 10.2. The van der Waals surface area contributed by atoms with E-state index in [0.29, 0.717) is 0 Å². The highest BCUT2D eigenvalue weighted by molar-refractivity contribution is 6.32. The van der Waals surface area contributed by atoms with E-state index in [2.05, 4.69) is 0 Å². The van der Waals surface area contributed by atoms with Crippen LogP contribution >= 0.6 is 11.6 Å². The second-order valence-electron chi connectivity index (χ2n) is 5.10. The van der Waals surface area contributed by atoms with Gasteiger partial charge in [0.25, 0.3) is 0 Å². The first-order chi connectivity index (χ1) is 9.10. The van der Waals surface area contributed by atoms with Crippen LogP contribution in [-0.4, -0.2) is 34.4 Å². The molecule has 0 saturated heterocycles. The zero-order chi connectivity index (χ0) is 15.5. The van der Waals surface area contributed by atoms with Crippen molar-refractivity contribution < 1.29 is 24.5 Å². The summed E-state index contributed by atoms with van der Waals surface area (Å²) in [5.74, 6) is -1.35. The van der Waals surface area contributed by atoms with E-state index in [-0.39, 0.29) is 16.5 Å². The number of carboxylic acids is 1. The Morgan fingerprint density at radius 3 is 2.40 bits per heavy atom. The summed E-state index contributed by atoms with van der Waals surface area (Å²) in [5, 5.41) is 18.2. The Bertz CT molecular complexity index is 524. The fourth-order valence-electron chi connectivity index (χ4n) is 1.38. The molecule has 0 aliphatic carbocycles. The van der Waals surface area contributed by atoms with Crippen LogP contribution in [0.25, 0.3) is 0 Å². The van der Waals surface area contributed by atoms with Crippen molar-refractivity contribution in [1.82, 2.24) is 0 Å². The average molecular weight is 302 g/mol. The van der Waals surface area contributed by atoms with Crippen LogP contribution in [0.1, 0.15) is 20.8 Å². The van der Waals surface area contributed by atoms with Gasteiger partial charge in [0, 0.05) is 5.69 Å². The summed E-state index contributed by atoms with van der Waals surface area (Å²) in [6.45, 7) is 4.45. The molecule has 0 aliphatic heterocycles. The summed E-state index contributed by atoms with van der Waals surface area (Å²) in [6.07, 6.45) is -0.804. The van der Waals surface area contributed by atoms with Crippen LogP contribution in [-0.2, 0) is 9.53 Å². The molecular formula is C13H16ClNO5. The molecule has 0 radical (unpaired) electrons. The Morgan fingerprint density at radius 2 is 1.95 bits per heavy atom. The van der Waals surface area contributed by atoms with E-state index in [0.717, 1.165) is 4.90 Å². The second-order valence-corrected chi connectivity index (χ2v) is 5.50. The molecule has 20 heavy (non-hydrogen) atoms. The molecule has 110 valence electrons. The standard InChI is InChI=1S/C13H16ClNO5/c1-13(2,3)20-12(19)15(7-11(17)18)8-4-5-10(16)9(14)6-8/h4-6,16H,7H2,1-3H3,(H,17,18). The fourth-order valence-corrected chi connectivity index (χ4v) is 1.55. The number of halogens is 1. The number of ether oxygens (including phenoxy) is 1. The second kappa shape index (κ2) is 6.00. The van der Waals surface area contributed by atoms with E-state index in [1.165, 1.54) is 18.2 Å². The van der Waals surface area contributed by atoms with Gasteiger partial charge in [0.1, 0.15) is 17.9 Å². The number of hydrogen-bond acceptors (Lipinski definition) is 4. The Kier molecular flexibility index (Phi) is 4.83. The molecular weight excluding hydrogens is 286 g/mol. The first-order valence-electron chi connectivity index (χ1n) is 5.81. The number of phenolic OH excluding ortho intramolecular Hbond substituents is 1. The van der Waals surface area contributed by atoms with E-state index < -0.39 is 24.2 Å². The van der Waals surface area contributed by atoms with E-state index in [1.54, 1.807) is 20.8 Å². The van der Waals surface area contributed by atoms with Crippen molar-refractivity contribution in [3.8, 4) is 5.75 Å². The first-order valence-corrected chi connectivity index (χ1v) is 6.19. The monoisotopic (exact) mass is 301 g/mol. The van der Waals surface area contributed by atoms with Gasteiger partial charge in [-0.25, -0.2) is 4.79 Å². The smallest absolute Gasteiger partial charge is 0.415 e. The largest absolute Gasteiger partial charge is 0.506 e. The number of aliphatic carboxylic acids is 1. The predicted octanol–water partition coefficient (Wildman–Crippen LogP) is 2.87. The SMILES string of the molecule is CC(C)(C)OC(=O)N(CC(=O)O)c1ccc(O)c(Cl)c1.